The summed E-state index contributed by atoms with van der Waals surface area (Å²) in [6, 6.07) is 0. The van der Waals surface area contributed by atoms with Crippen LogP contribution < -0.4 is 0 Å². The molecule has 0 spiro atoms. The van der Waals surface area contributed by atoms with Gasteiger partial charge in [-0.05, 0) is 18.9 Å². The smallest absolute Gasteiger partial charge is 0.303 e. The average molecular weight is 445 g/mol. The van der Waals surface area contributed by atoms with Crippen molar-refractivity contribution >= 4 is 41.8 Å². The lowest BCUT2D eigenvalue weighted by atomic mass is 9.80. The molecule has 0 fully saturated rings. The molecular formula is C21H23N3O8. The van der Waals surface area contributed by atoms with E-state index in [1.807, 2.05) is 0 Å². The number of aldehydes is 1. The highest BCUT2D eigenvalue weighted by molar-refractivity contribution is 6.13. The second kappa shape index (κ2) is 10.4. The minimum Gasteiger partial charge on any atom is -0.481 e. The number of likely N-dealkylation sites (N-methyl/N-ethyl adjacent to an activating group) is 1. The number of carboxylic acid groups (broad SMARTS) is 1. The molecule has 11 heteroatoms. The molecule has 0 aromatic rings. The maximum absolute atomic E-state index is 12.4. The van der Waals surface area contributed by atoms with Crippen LogP contribution in [0.1, 0.15) is 19.3 Å². The van der Waals surface area contributed by atoms with Gasteiger partial charge >= 0.3 is 5.97 Å². The third kappa shape index (κ3) is 6.06. The Hall–Kier alpha value is -3.89. The molecule has 2 rings (SSSR count). The van der Waals surface area contributed by atoms with Crippen LogP contribution in [-0.4, -0.2) is 88.3 Å². The number of hydrogen-bond acceptors (Lipinski definition) is 7. The molecule has 32 heavy (non-hydrogen) atoms. The first-order chi connectivity index (χ1) is 15.1. The highest BCUT2D eigenvalue weighted by Crippen LogP contribution is 2.31. The molecular weight excluding hydrogens is 422 g/mol. The number of allylic oxidation sites excluding steroid dienone is 1. The fraction of sp³-hybridized carbons (Fsp3) is 0.381. The molecule has 11 nitrogen and oxygen atoms in total. The molecule has 2 aliphatic heterocycles. The van der Waals surface area contributed by atoms with Crippen molar-refractivity contribution in [3.63, 3.8) is 0 Å². The fourth-order valence-electron chi connectivity index (χ4n) is 3.68. The van der Waals surface area contributed by atoms with Gasteiger partial charge in [0.2, 0.25) is 5.91 Å². The van der Waals surface area contributed by atoms with Gasteiger partial charge in [-0.15, -0.1) is 0 Å². The molecule has 0 atom stereocenters. The van der Waals surface area contributed by atoms with Crippen molar-refractivity contribution in [3.05, 3.63) is 36.5 Å². The Morgan fingerprint density at radius 3 is 1.84 bits per heavy atom. The third-order valence-electron chi connectivity index (χ3n) is 5.15. The Labute approximate surface area is 183 Å². The minimum atomic E-state index is -1.20. The van der Waals surface area contributed by atoms with E-state index in [2.05, 4.69) is 0 Å². The minimum absolute atomic E-state index is 0.0857. The molecule has 1 N–H and O–H groups in total. The van der Waals surface area contributed by atoms with Gasteiger partial charge in [-0.1, -0.05) is 0 Å². The van der Waals surface area contributed by atoms with Gasteiger partial charge in [0.25, 0.3) is 23.6 Å². The summed E-state index contributed by atoms with van der Waals surface area (Å²) in [6.07, 6.45) is 6.74. The summed E-state index contributed by atoms with van der Waals surface area (Å²) >= 11 is 0. The van der Waals surface area contributed by atoms with E-state index < -0.39 is 40.9 Å². The second-order valence-corrected chi connectivity index (χ2v) is 7.63. The molecule has 0 unspecified atom stereocenters. The van der Waals surface area contributed by atoms with E-state index >= 15 is 0 Å². The van der Waals surface area contributed by atoms with E-state index in [1.165, 1.54) is 11.9 Å². The molecule has 170 valence electrons. The van der Waals surface area contributed by atoms with E-state index in [0.29, 0.717) is 6.29 Å². The molecule has 0 aliphatic carbocycles. The quantitative estimate of drug-likeness (QED) is 0.235. The number of carboxylic acids is 1. The van der Waals surface area contributed by atoms with Crippen LogP contribution in [0.3, 0.4) is 0 Å². The van der Waals surface area contributed by atoms with Crippen molar-refractivity contribution in [3.8, 4) is 0 Å². The van der Waals surface area contributed by atoms with Gasteiger partial charge in [0, 0.05) is 68.9 Å². The first-order valence-corrected chi connectivity index (χ1v) is 9.74. The summed E-state index contributed by atoms with van der Waals surface area (Å²) in [5.41, 5.74) is -1.20. The predicted molar refractivity (Wildman–Crippen MR) is 108 cm³/mol. The average Bonchev–Trinajstić information content (AvgIpc) is 3.21. The molecule has 0 aromatic carbocycles. The number of hydrogen-bond donors (Lipinski definition) is 1. The van der Waals surface area contributed by atoms with Crippen LogP contribution in [0.4, 0.5) is 0 Å². The van der Waals surface area contributed by atoms with Gasteiger partial charge in [0.05, 0.1) is 0 Å². The predicted octanol–water partition coefficient (Wildman–Crippen LogP) is -0.709. The van der Waals surface area contributed by atoms with Gasteiger partial charge in [-0.25, -0.2) is 0 Å². The van der Waals surface area contributed by atoms with Crippen molar-refractivity contribution in [2.24, 2.45) is 5.41 Å². The highest BCUT2D eigenvalue weighted by atomic mass is 16.4. The summed E-state index contributed by atoms with van der Waals surface area (Å²) in [6.45, 7) is -0.616. The van der Waals surface area contributed by atoms with Crippen LogP contribution in [0.5, 0.6) is 0 Å². The summed E-state index contributed by atoms with van der Waals surface area (Å²) in [5.74, 6) is -4.00. The highest BCUT2D eigenvalue weighted by Gasteiger charge is 2.42. The van der Waals surface area contributed by atoms with Crippen LogP contribution in [0.15, 0.2) is 36.5 Å². The molecule has 0 saturated carbocycles. The van der Waals surface area contributed by atoms with E-state index in [1.54, 1.807) is 0 Å². The molecule has 0 aromatic heterocycles. The second-order valence-electron chi connectivity index (χ2n) is 7.63. The van der Waals surface area contributed by atoms with Gasteiger partial charge in [-0.3, -0.25) is 43.4 Å². The van der Waals surface area contributed by atoms with E-state index in [0.717, 1.165) is 46.3 Å². The van der Waals surface area contributed by atoms with Crippen molar-refractivity contribution in [2.75, 3.05) is 26.7 Å². The lowest BCUT2D eigenvalue weighted by molar-refractivity contribution is -0.143. The standard InChI is InChI=1S/C21H23N3O8/c1-22(15(26)4-3-11-25)12-21(10-2-5-20(31)32,13-23-16(27)6-7-17(23)28)14-24-18(29)8-9-19(24)30/h3-4,6-9,11H,2,5,10,12-14H2,1H3,(H,31,32)/b4-3-. The van der Waals surface area contributed by atoms with E-state index in [9.17, 15) is 33.6 Å². The topological polar surface area (TPSA) is 149 Å². The van der Waals surface area contributed by atoms with Crippen LogP contribution in [-0.2, 0) is 33.6 Å². The number of carbonyl (C=O) groups excluding carboxylic acids is 6. The Morgan fingerprint density at radius 2 is 1.44 bits per heavy atom. The number of carbonyl (C=O) groups is 7. The van der Waals surface area contributed by atoms with Crippen LogP contribution in [0, 0.1) is 5.41 Å². The number of nitrogens with zero attached hydrogens (tertiary/aromatic N) is 3. The van der Waals surface area contributed by atoms with Gasteiger partial charge < -0.3 is 10.0 Å². The monoisotopic (exact) mass is 445 g/mol. The Bertz CT molecular complexity index is 853. The number of amides is 5. The van der Waals surface area contributed by atoms with Crippen molar-refractivity contribution in [2.45, 2.75) is 19.3 Å². The Balaban J connectivity index is 2.40. The lowest BCUT2D eigenvalue weighted by Gasteiger charge is -2.41. The normalized spacial score (nSPS) is 16.0. The van der Waals surface area contributed by atoms with Crippen molar-refractivity contribution < 1.29 is 38.7 Å². The molecule has 5 amide bonds. The SMILES string of the molecule is CN(CC(CCCC(=O)O)(CN1C(=O)C=CC1=O)CN1C(=O)C=CC1=O)C(=O)/C=C\C=O. The molecule has 2 aliphatic rings. The first-order valence-electron chi connectivity index (χ1n) is 9.74. The van der Waals surface area contributed by atoms with Gasteiger partial charge in [0.15, 0.2) is 0 Å². The number of imide groups is 2. The Morgan fingerprint density at radius 1 is 0.969 bits per heavy atom. The van der Waals surface area contributed by atoms with E-state index in [-0.39, 0.29) is 38.9 Å². The fourth-order valence-corrected chi connectivity index (χ4v) is 3.68. The van der Waals surface area contributed by atoms with Crippen LogP contribution >= 0.6 is 0 Å². The maximum Gasteiger partial charge on any atom is 0.303 e. The zero-order chi connectivity index (χ0) is 23.9. The zero-order valence-corrected chi connectivity index (χ0v) is 17.4. The molecule has 0 saturated heterocycles. The maximum atomic E-state index is 12.4. The summed E-state index contributed by atoms with van der Waals surface area (Å²) < 4.78 is 0. The summed E-state index contributed by atoms with van der Waals surface area (Å²) in [7, 11) is 1.42. The molecule has 2 heterocycles. The molecule has 0 radical (unpaired) electrons. The first kappa shape index (κ1) is 24.4. The van der Waals surface area contributed by atoms with Crippen molar-refractivity contribution in [1.82, 2.24) is 14.7 Å². The number of rotatable bonds is 12. The third-order valence-corrected chi connectivity index (χ3v) is 5.15. The largest absolute Gasteiger partial charge is 0.481 e. The Kier molecular flexibility index (Phi) is 7.94. The van der Waals surface area contributed by atoms with Crippen LogP contribution in [0.2, 0.25) is 0 Å². The summed E-state index contributed by atoms with van der Waals surface area (Å²) in [4.78, 5) is 85.9. The van der Waals surface area contributed by atoms with Gasteiger partial charge in [0.1, 0.15) is 6.29 Å². The number of aliphatic carboxylic acids is 1. The molecule has 0 bridgehead atoms. The lowest BCUT2D eigenvalue weighted by Crippen LogP contribution is -2.54. The van der Waals surface area contributed by atoms with Gasteiger partial charge in [-0.2, -0.15) is 0 Å². The van der Waals surface area contributed by atoms with E-state index in [4.69, 9.17) is 5.11 Å². The zero-order valence-electron chi connectivity index (χ0n) is 17.4. The summed E-state index contributed by atoms with van der Waals surface area (Å²) in [5, 5.41) is 9.05. The van der Waals surface area contributed by atoms with Crippen LogP contribution in [0.25, 0.3) is 0 Å². The van der Waals surface area contributed by atoms with Crippen molar-refractivity contribution in [1.29, 1.82) is 0 Å².